The van der Waals surface area contributed by atoms with Gasteiger partial charge in [-0.3, -0.25) is 13.8 Å². The molecule has 1 aromatic rings. The van der Waals surface area contributed by atoms with Crippen LogP contribution in [0.15, 0.2) is 40.3 Å². The Bertz CT molecular complexity index is 1280. The van der Waals surface area contributed by atoms with Gasteiger partial charge in [-0.05, 0) is 111 Å². The Labute approximate surface area is 240 Å². The van der Waals surface area contributed by atoms with Gasteiger partial charge in [0.05, 0.1) is 11.5 Å². The summed E-state index contributed by atoms with van der Waals surface area (Å²) in [5.74, 6) is 1.73. The summed E-state index contributed by atoms with van der Waals surface area (Å²) in [4.78, 5) is 25.4. The molecule has 0 heterocycles. The van der Waals surface area contributed by atoms with Crippen molar-refractivity contribution in [3.05, 3.63) is 41.0 Å². The number of aryl methyl sites for hydroxylation is 1. The zero-order chi connectivity index (χ0) is 28.9. The predicted octanol–water partition coefficient (Wildman–Crippen LogP) is 6.95. The molecule has 4 aliphatic carbocycles. The number of Topliss-reactive ketones (excluding diaryl/α,β-unsaturated/α-hetero) is 1. The molecule has 0 amide bonds. The Hall–Kier alpha value is -1.99. The van der Waals surface area contributed by atoms with Crippen LogP contribution in [-0.4, -0.2) is 32.9 Å². The second-order valence-electron chi connectivity index (χ2n) is 13.6. The minimum absolute atomic E-state index is 0.0350. The van der Waals surface area contributed by atoms with Crippen LogP contribution in [0, 0.1) is 41.4 Å². The molecule has 1 aromatic carbocycles. The molecule has 5 rings (SSSR count). The van der Waals surface area contributed by atoms with E-state index in [-0.39, 0.29) is 40.3 Å². The summed E-state index contributed by atoms with van der Waals surface area (Å²) in [7, 11) is -3.76. The predicted molar refractivity (Wildman–Crippen MR) is 154 cm³/mol. The highest BCUT2D eigenvalue weighted by molar-refractivity contribution is 7.86. The summed E-state index contributed by atoms with van der Waals surface area (Å²) in [6.45, 7) is 10.6. The van der Waals surface area contributed by atoms with Gasteiger partial charge in [-0.1, -0.05) is 44.0 Å². The van der Waals surface area contributed by atoms with Gasteiger partial charge in [0, 0.05) is 18.9 Å². The van der Waals surface area contributed by atoms with E-state index in [1.807, 2.05) is 6.92 Å². The zero-order valence-electron chi connectivity index (χ0n) is 24.8. The van der Waals surface area contributed by atoms with Crippen molar-refractivity contribution in [2.45, 2.75) is 110 Å². The van der Waals surface area contributed by atoms with E-state index in [2.05, 4.69) is 20.8 Å². The molecule has 0 bridgehead atoms. The number of fused-ring (bicyclic) bond motifs is 4. The number of rotatable bonds is 8. The molecule has 7 heteroatoms. The van der Waals surface area contributed by atoms with Gasteiger partial charge in [0.2, 0.25) is 0 Å². The van der Waals surface area contributed by atoms with Crippen LogP contribution < -0.4 is 0 Å². The van der Waals surface area contributed by atoms with Gasteiger partial charge in [0.15, 0.2) is 5.78 Å². The van der Waals surface area contributed by atoms with Crippen molar-refractivity contribution >= 4 is 21.9 Å². The van der Waals surface area contributed by atoms with Crippen LogP contribution in [0.25, 0.3) is 0 Å². The summed E-state index contributed by atoms with van der Waals surface area (Å²) in [5, 5.41) is 0. The lowest BCUT2D eigenvalue weighted by atomic mass is 9.48. The third kappa shape index (κ3) is 5.33. The molecule has 0 saturated heterocycles. The van der Waals surface area contributed by atoms with Gasteiger partial charge >= 0.3 is 5.97 Å². The maximum atomic E-state index is 13.6. The average Bonchev–Trinajstić information content (AvgIpc) is 3.17. The number of allylic oxidation sites excluding steroid dienone is 2. The second kappa shape index (κ2) is 11.0. The van der Waals surface area contributed by atoms with E-state index in [0.29, 0.717) is 36.4 Å². The fraction of sp³-hybridized carbons (Fsp3) is 0.697. The molecule has 7 atom stereocenters. The molecule has 0 unspecified atom stereocenters. The fourth-order valence-electron chi connectivity index (χ4n) is 9.04. The quantitative estimate of drug-likeness (QED) is 0.191. The number of hydrogen-bond donors (Lipinski definition) is 0. The molecule has 0 aliphatic heterocycles. The van der Waals surface area contributed by atoms with E-state index in [4.69, 9.17) is 8.92 Å². The first kappa shape index (κ1) is 29.5. The van der Waals surface area contributed by atoms with E-state index in [9.17, 15) is 18.0 Å². The van der Waals surface area contributed by atoms with Crippen molar-refractivity contribution in [1.29, 1.82) is 0 Å². The number of benzene rings is 1. The van der Waals surface area contributed by atoms with E-state index in [1.54, 1.807) is 24.3 Å². The highest BCUT2D eigenvalue weighted by Gasteiger charge is 2.58. The first-order valence-corrected chi connectivity index (χ1v) is 16.7. The standard InChI is InChI=1S/C33H46O6S/c1-21-8-11-26(12-9-21)40(36,37)38-18-6-7-22(2)29-20-30(35)31-27-13-10-24-19-25(39-23(3)34)14-16-32(24,4)28(27)15-17-33(29,31)5/h8-9,11-12,22,24-25,28-29H,6-7,10,13-20H2,1-5H3/t22-,24+,25+,28+,29-,32+,33-/m1/s1. The molecule has 3 saturated carbocycles. The molecule has 0 radical (unpaired) electrons. The largest absolute Gasteiger partial charge is 0.463 e. The molecule has 0 N–H and O–H groups in total. The Balaban J connectivity index is 1.24. The monoisotopic (exact) mass is 570 g/mol. The van der Waals surface area contributed by atoms with Crippen molar-refractivity contribution in [2.75, 3.05) is 6.61 Å². The number of ketones is 1. The molecule has 0 spiro atoms. The van der Waals surface area contributed by atoms with Crippen LogP contribution in [0.1, 0.15) is 97.5 Å². The molecule has 4 aliphatic rings. The van der Waals surface area contributed by atoms with Crippen molar-refractivity contribution in [3.8, 4) is 0 Å². The topological polar surface area (TPSA) is 86.7 Å². The van der Waals surface area contributed by atoms with Gasteiger partial charge in [-0.15, -0.1) is 0 Å². The van der Waals surface area contributed by atoms with Crippen molar-refractivity contribution in [2.24, 2.45) is 34.5 Å². The summed E-state index contributed by atoms with van der Waals surface area (Å²) < 4.78 is 36.1. The van der Waals surface area contributed by atoms with Gasteiger partial charge in [0.1, 0.15) is 6.10 Å². The summed E-state index contributed by atoms with van der Waals surface area (Å²) in [6.07, 6.45) is 9.23. The fourth-order valence-corrected chi connectivity index (χ4v) is 9.99. The highest BCUT2D eigenvalue weighted by atomic mass is 32.2. The smallest absolute Gasteiger partial charge is 0.302 e. The molecular weight excluding hydrogens is 524 g/mol. The minimum Gasteiger partial charge on any atom is -0.463 e. The Kier molecular flexibility index (Phi) is 8.12. The zero-order valence-corrected chi connectivity index (χ0v) is 25.6. The first-order chi connectivity index (χ1) is 18.8. The van der Waals surface area contributed by atoms with Gasteiger partial charge in [0.25, 0.3) is 10.1 Å². The van der Waals surface area contributed by atoms with Gasteiger partial charge in [-0.2, -0.15) is 8.42 Å². The lowest BCUT2D eigenvalue weighted by Gasteiger charge is -2.56. The molecule has 6 nitrogen and oxygen atoms in total. The lowest BCUT2D eigenvalue weighted by Crippen LogP contribution is -2.49. The SMILES string of the molecule is CC(=O)O[C@H]1CC[C@@]2(C)[C@@H](CCC3=C4C(=O)C[C@H]([C@H](C)CCCOS(=O)(=O)c5ccc(C)cc5)[C@@]4(C)CC[C@@H]32)C1. The summed E-state index contributed by atoms with van der Waals surface area (Å²) in [6, 6.07) is 6.72. The van der Waals surface area contributed by atoms with Crippen LogP contribution >= 0.6 is 0 Å². The lowest BCUT2D eigenvalue weighted by molar-refractivity contribution is -0.152. The Morgan fingerprint density at radius 2 is 1.82 bits per heavy atom. The number of carbonyl (C=O) groups excluding carboxylic acids is 2. The van der Waals surface area contributed by atoms with Crippen LogP contribution in [0.3, 0.4) is 0 Å². The molecule has 220 valence electrons. The number of carbonyl (C=O) groups is 2. The third-order valence-corrected chi connectivity index (χ3v) is 12.5. The Morgan fingerprint density at radius 1 is 1.10 bits per heavy atom. The molecule has 0 aromatic heterocycles. The van der Waals surface area contributed by atoms with Crippen LogP contribution in [0.5, 0.6) is 0 Å². The van der Waals surface area contributed by atoms with Crippen LogP contribution in [0.4, 0.5) is 0 Å². The molecule has 3 fully saturated rings. The maximum Gasteiger partial charge on any atom is 0.302 e. The normalized spacial score (nSPS) is 34.6. The van der Waals surface area contributed by atoms with Gasteiger partial charge < -0.3 is 4.74 Å². The first-order valence-electron chi connectivity index (χ1n) is 15.2. The second-order valence-corrected chi connectivity index (χ2v) is 15.2. The molecule has 40 heavy (non-hydrogen) atoms. The van der Waals surface area contributed by atoms with Crippen molar-refractivity contribution in [1.82, 2.24) is 0 Å². The maximum absolute atomic E-state index is 13.6. The van der Waals surface area contributed by atoms with Crippen molar-refractivity contribution in [3.63, 3.8) is 0 Å². The third-order valence-electron chi connectivity index (χ3n) is 11.2. The van der Waals surface area contributed by atoms with E-state index >= 15 is 0 Å². The number of hydrogen-bond acceptors (Lipinski definition) is 6. The number of esters is 1. The van der Waals surface area contributed by atoms with Crippen molar-refractivity contribution < 1.29 is 26.9 Å². The van der Waals surface area contributed by atoms with E-state index in [0.717, 1.165) is 62.5 Å². The highest BCUT2D eigenvalue weighted by Crippen LogP contribution is 2.65. The van der Waals surface area contributed by atoms with Crippen LogP contribution in [0.2, 0.25) is 0 Å². The number of ether oxygens (including phenoxy) is 1. The summed E-state index contributed by atoms with van der Waals surface area (Å²) in [5.41, 5.74) is 3.65. The average molecular weight is 571 g/mol. The van der Waals surface area contributed by atoms with Gasteiger partial charge in [-0.25, -0.2) is 0 Å². The Morgan fingerprint density at radius 3 is 2.52 bits per heavy atom. The van der Waals surface area contributed by atoms with E-state index in [1.165, 1.54) is 12.5 Å². The van der Waals surface area contributed by atoms with Crippen LogP contribution in [-0.2, 0) is 28.6 Å². The van der Waals surface area contributed by atoms with E-state index < -0.39 is 10.1 Å². The minimum atomic E-state index is -3.76. The summed E-state index contributed by atoms with van der Waals surface area (Å²) >= 11 is 0. The molecular formula is C33H46O6S.